The highest BCUT2D eigenvalue weighted by molar-refractivity contribution is 5.89. The molecule has 4 N–H and O–H groups in total. The van der Waals surface area contributed by atoms with Gasteiger partial charge in [-0.05, 0) is 12.1 Å². The maximum absolute atomic E-state index is 12.4. The highest BCUT2D eigenvalue weighted by atomic mass is 16.6. The molecule has 0 aromatic heterocycles. The quantitative estimate of drug-likeness (QED) is 0.414. The fourth-order valence-corrected chi connectivity index (χ4v) is 3.80. The third kappa shape index (κ3) is 4.59. The molecule has 2 saturated heterocycles. The number of amides is 2. The summed E-state index contributed by atoms with van der Waals surface area (Å²) in [6.07, 6.45) is -1.71. The Morgan fingerprint density at radius 3 is 2.81 bits per heavy atom. The van der Waals surface area contributed by atoms with Gasteiger partial charge in [-0.2, -0.15) is 0 Å². The van der Waals surface area contributed by atoms with Gasteiger partial charge in [0.15, 0.2) is 12.3 Å². The van der Waals surface area contributed by atoms with Gasteiger partial charge in [0.05, 0.1) is 18.0 Å². The van der Waals surface area contributed by atoms with Gasteiger partial charge in [0.25, 0.3) is 5.91 Å². The molecule has 0 saturated carbocycles. The summed E-state index contributed by atoms with van der Waals surface area (Å²) in [4.78, 5) is 42.6. The summed E-state index contributed by atoms with van der Waals surface area (Å²) in [5, 5.41) is 19.0. The van der Waals surface area contributed by atoms with Crippen molar-refractivity contribution in [3.05, 3.63) is 35.9 Å². The molecule has 11 nitrogen and oxygen atoms in total. The molecule has 1 aromatic rings. The Kier molecular flexibility index (Phi) is 6.40. The predicted molar refractivity (Wildman–Crippen MR) is 112 cm³/mol. The number of rotatable bonds is 6. The van der Waals surface area contributed by atoms with E-state index in [0.717, 1.165) is 0 Å². The van der Waals surface area contributed by atoms with E-state index < -0.39 is 42.9 Å². The Labute approximate surface area is 185 Å². The van der Waals surface area contributed by atoms with Crippen LogP contribution in [0.2, 0.25) is 0 Å². The standard InChI is InChI=1S/C21H27N5O6/c1-11(2)18(28)24-21-23-17-16(19(29)25-21)22-10-26(17)15-8-13(27)14(32-15)9-31-20(30)12-6-4-3-5-7-12/h3-7,10-11,13-17,21,23,27H,8-9H2,1-2H3,(H,24,28)(H,25,29)/t13-,14+,15+,16?,17?,21?/m0/s1. The number of carbonyl (C=O) groups is 3. The first-order valence-corrected chi connectivity index (χ1v) is 10.6. The number of aliphatic hydroxyl groups excluding tert-OH is 1. The van der Waals surface area contributed by atoms with Crippen molar-refractivity contribution in [1.82, 2.24) is 20.9 Å². The van der Waals surface area contributed by atoms with Gasteiger partial charge in [-0.15, -0.1) is 0 Å². The average Bonchev–Trinajstić information content (AvgIpc) is 3.36. The molecule has 2 amide bonds. The first-order valence-electron chi connectivity index (χ1n) is 10.6. The summed E-state index contributed by atoms with van der Waals surface area (Å²) >= 11 is 0. The average molecular weight is 445 g/mol. The molecule has 3 aliphatic heterocycles. The van der Waals surface area contributed by atoms with Crippen LogP contribution in [0.25, 0.3) is 0 Å². The molecule has 0 spiro atoms. The van der Waals surface area contributed by atoms with E-state index in [9.17, 15) is 19.5 Å². The smallest absolute Gasteiger partial charge is 0.338 e. The highest BCUT2D eigenvalue weighted by Gasteiger charge is 2.48. The van der Waals surface area contributed by atoms with Crippen LogP contribution in [-0.4, -0.2) is 77.7 Å². The van der Waals surface area contributed by atoms with Crippen LogP contribution in [0.1, 0.15) is 30.6 Å². The van der Waals surface area contributed by atoms with Crippen LogP contribution in [0.5, 0.6) is 0 Å². The van der Waals surface area contributed by atoms with E-state index in [-0.39, 0.29) is 30.8 Å². The fraction of sp³-hybridized carbons (Fsp3) is 0.524. The van der Waals surface area contributed by atoms with Crippen LogP contribution in [-0.2, 0) is 19.1 Å². The van der Waals surface area contributed by atoms with Gasteiger partial charge in [0.1, 0.15) is 25.1 Å². The van der Waals surface area contributed by atoms with E-state index in [1.54, 1.807) is 49.1 Å². The minimum absolute atomic E-state index is 0.106. The van der Waals surface area contributed by atoms with E-state index in [0.29, 0.717) is 5.56 Å². The molecule has 0 aliphatic carbocycles. The molecule has 3 aliphatic rings. The van der Waals surface area contributed by atoms with E-state index in [2.05, 4.69) is 20.9 Å². The van der Waals surface area contributed by atoms with Gasteiger partial charge in [-0.1, -0.05) is 32.0 Å². The summed E-state index contributed by atoms with van der Waals surface area (Å²) < 4.78 is 11.2. The summed E-state index contributed by atoms with van der Waals surface area (Å²) in [5.41, 5.74) is 0.415. The molecule has 32 heavy (non-hydrogen) atoms. The van der Waals surface area contributed by atoms with Gasteiger partial charge in [0, 0.05) is 12.3 Å². The number of fused-ring (bicyclic) bond motifs is 1. The second-order valence-corrected chi connectivity index (χ2v) is 8.27. The monoisotopic (exact) mass is 445 g/mol. The van der Waals surface area contributed by atoms with Crippen molar-refractivity contribution in [1.29, 1.82) is 0 Å². The van der Waals surface area contributed by atoms with E-state index in [1.807, 2.05) is 0 Å². The van der Waals surface area contributed by atoms with Crippen LogP contribution in [0, 0.1) is 5.92 Å². The van der Waals surface area contributed by atoms with Crippen LogP contribution in [0.3, 0.4) is 0 Å². The first-order chi connectivity index (χ1) is 15.3. The van der Waals surface area contributed by atoms with Gasteiger partial charge in [-0.25, -0.2) is 4.79 Å². The number of carbonyl (C=O) groups excluding carboxylic acids is 3. The largest absolute Gasteiger partial charge is 0.459 e. The third-order valence-electron chi connectivity index (χ3n) is 5.61. The molecular weight excluding hydrogens is 418 g/mol. The summed E-state index contributed by atoms with van der Waals surface area (Å²) in [6.45, 7) is 3.41. The van der Waals surface area contributed by atoms with Crippen LogP contribution in [0.15, 0.2) is 35.3 Å². The Hall–Kier alpha value is -3.02. The maximum Gasteiger partial charge on any atom is 0.338 e. The minimum atomic E-state index is -0.857. The Bertz CT molecular complexity index is 894. The molecule has 6 atom stereocenters. The number of ether oxygens (including phenoxy) is 2. The second kappa shape index (κ2) is 9.23. The topological polar surface area (TPSA) is 142 Å². The zero-order valence-electron chi connectivity index (χ0n) is 17.8. The van der Waals surface area contributed by atoms with E-state index in [4.69, 9.17) is 9.47 Å². The van der Waals surface area contributed by atoms with Crippen molar-refractivity contribution in [2.75, 3.05) is 6.61 Å². The molecule has 0 bridgehead atoms. The number of nitrogens with one attached hydrogen (secondary N) is 3. The van der Waals surface area contributed by atoms with Gasteiger partial charge < -0.3 is 30.1 Å². The van der Waals surface area contributed by atoms with Crippen molar-refractivity contribution in [3.8, 4) is 0 Å². The summed E-state index contributed by atoms with van der Waals surface area (Å²) in [5.74, 6) is -1.27. The summed E-state index contributed by atoms with van der Waals surface area (Å²) in [7, 11) is 0. The number of esters is 1. The number of aliphatic imine (C=N–C) groups is 1. The number of hydrogen-bond donors (Lipinski definition) is 4. The highest BCUT2D eigenvalue weighted by Crippen LogP contribution is 2.28. The number of nitrogens with zero attached hydrogens (tertiary/aromatic N) is 2. The van der Waals surface area contributed by atoms with E-state index in [1.165, 1.54) is 6.34 Å². The van der Waals surface area contributed by atoms with Crippen molar-refractivity contribution in [2.24, 2.45) is 10.9 Å². The Morgan fingerprint density at radius 1 is 1.34 bits per heavy atom. The third-order valence-corrected chi connectivity index (χ3v) is 5.61. The molecule has 172 valence electrons. The minimum Gasteiger partial charge on any atom is -0.459 e. The Morgan fingerprint density at radius 2 is 2.09 bits per heavy atom. The van der Waals surface area contributed by atoms with Crippen LogP contribution < -0.4 is 16.0 Å². The lowest BCUT2D eigenvalue weighted by Crippen LogP contribution is -2.71. The van der Waals surface area contributed by atoms with Gasteiger partial charge in [-0.3, -0.25) is 19.9 Å². The number of hydrogen-bond acceptors (Lipinski definition) is 9. The lowest BCUT2D eigenvalue weighted by Gasteiger charge is -2.39. The molecule has 0 radical (unpaired) electrons. The maximum atomic E-state index is 12.4. The molecule has 1 aromatic carbocycles. The van der Waals surface area contributed by atoms with Crippen molar-refractivity contribution >= 4 is 24.1 Å². The van der Waals surface area contributed by atoms with Crippen LogP contribution >= 0.6 is 0 Å². The first kappa shape index (κ1) is 22.2. The zero-order chi connectivity index (χ0) is 22.8. The number of aliphatic hydroxyl groups is 1. The summed E-state index contributed by atoms with van der Waals surface area (Å²) in [6, 6.07) is 7.85. The van der Waals surface area contributed by atoms with Crippen molar-refractivity contribution < 1.29 is 29.0 Å². The lowest BCUT2D eigenvalue weighted by atomic mass is 10.1. The van der Waals surface area contributed by atoms with Gasteiger partial charge >= 0.3 is 5.97 Å². The SMILES string of the molecule is CC(C)C(=O)NC1NC(=O)C2N=CN([C@H]3C[C@H](O)[C@@H](COC(=O)c4ccccc4)O3)C2N1. The fourth-order valence-electron chi connectivity index (χ4n) is 3.80. The predicted octanol–water partition coefficient (Wildman–Crippen LogP) is -0.867. The van der Waals surface area contributed by atoms with Gasteiger partial charge in [0.2, 0.25) is 5.91 Å². The second-order valence-electron chi connectivity index (χ2n) is 8.27. The lowest BCUT2D eigenvalue weighted by molar-refractivity contribution is -0.132. The van der Waals surface area contributed by atoms with Crippen molar-refractivity contribution in [3.63, 3.8) is 0 Å². The zero-order valence-corrected chi connectivity index (χ0v) is 17.8. The van der Waals surface area contributed by atoms with Crippen LogP contribution in [0.4, 0.5) is 0 Å². The molecule has 3 unspecified atom stereocenters. The normalized spacial score (nSPS) is 31.4. The molecule has 2 fully saturated rings. The Balaban J connectivity index is 1.35. The molecular formula is C21H27N5O6. The molecule has 11 heteroatoms. The molecule has 4 rings (SSSR count). The van der Waals surface area contributed by atoms with Crippen molar-refractivity contribution in [2.45, 2.75) is 57.2 Å². The molecule has 3 heterocycles. The number of benzene rings is 1. The van der Waals surface area contributed by atoms with E-state index >= 15 is 0 Å².